The van der Waals surface area contributed by atoms with Gasteiger partial charge in [0.25, 0.3) is 0 Å². The summed E-state index contributed by atoms with van der Waals surface area (Å²) in [6.07, 6.45) is 0.389. The average molecular weight is 222 g/mol. The standard InChI is InChI=1S/C7H14N2O6/c10-4-6(8(12)13)2-1-3-7(5-11)9(14)15/h6-7,10-11H,1-5H2. The largest absolute Gasteiger partial charge is 0.389 e. The van der Waals surface area contributed by atoms with Crippen molar-refractivity contribution in [3.8, 4) is 0 Å². The van der Waals surface area contributed by atoms with Gasteiger partial charge in [-0.15, -0.1) is 0 Å². The zero-order valence-electron chi connectivity index (χ0n) is 8.11. The van der Waals surface area contributed by atoms with Gasteiger partial charge in [0.05, 0.1) is 0 Å². The smallest absolute Gasteiger partial charge is 0.235 e. The summed E-state index contributed by atoms with van der Waals surface area (Å²) in [4.78, 5) is 19.3. The highest BCUT2D eigenvalue weighted by Gasteiger charge is 2.22. The van der Waals surface area contributed by atoms with Crippen LogP contribution in [0.15, 0.2) is 0 Å². The van der Waals surface area contributed by atoms with Gasteiger partial charge in [-0.05, 0) is 6.42 Å². The zero-order valence-corrected chi connectivity index (χ0v) is 8.11. The Balaban J connectivity index is 3.85. The van der Waals surface area contributed by atoms with Crippen LogP contribution in [0.1, 0.15) is 19.3 Å². The van der Waals surface area contributed by atoms with E-state index in [0.717, 1.165) is 0 Å². The van der Waals surface area contributed by atoms with Crippen LogP contribution >= 0.6 is 0 Å². The molecule has 8 heteroatoms. The first-order valence-corrected chi connectivity index (χ1v) is 4.51. The van der Waals surface area contributed by atoms with Gasteiger partial charge in [-0.1, -0.05) is 0 Å². The topological polar surface area (TPSA) is 127 Å². The summed E-state index contributed by atoms with van der Waals surface area (Å²) in [5.74, 6) is 0. The molecular weight excluding hydrogens is 208 g/mol. The molecule has 0 rings (SSSR count). The quantitative estimate of drug-likeness (QED) is 0.418. The lowest BCUT2D eigenvalue weighted by molar-refractivity contribution is -0.532. The van der Waals surface area contributed by atoms with Gasteiger partial charge < -0.3 is 10.2 Å². The van der Waals surface area contributed by atoms with Crippen LogP contribution in [0.4, 0.5) is 0 Å². The summed E-state index contributed by atoms with van der Waals surface area (Å²) >= 11 is 0. The molecule has 0 fully saturated rings. The molecular formula is C7H14N2O6. The average Bonchev–Trinajstić information content (AvgIpc) is 2.17. The van der Waals surface area contributed by atoms with Crippen molar-refractivity contribution < 1.29 is 20.1 Å². The fourth-order valence-electron chi connectivity index (χ4n) is 1.12. The van der Waals surface area contributed by atoms with Gasteiger partial charge in [-0.25, -0.2) is 0 Å². The predicted molar refractivity (Wildman–Crippen MR) is 49.6 cm³/mol. The minimum absolute atomic E-state index is 0.0772. The molecule has 0 aliphatic carbocycles. The molecule has 0 aliphatic rings. The fourth-order valence-corrected chi connectivity index (χ4v) is 1.12. The van der Waals surface area contributed by atoms with Crippen molar-refractivity contribution in [3.63, 3.8) is 0 Å². The molecule has 15 heavy (non-hydrogen) atoms. The maximum Gasteiger partial charge on any atom is 0.235 e. The molecule has 0 aromatic rings. The van der Waals surface area contributed by atoms with E-state index >= 15 is 0 Å². The van der Waals surface area contributed by atoms with Crippen molar-refractivity contribution in [1.82, 2.24) is 0 Å². The van der Waals surface area contributed by atoms with E-state index in [2.05, 4.69) is 0 Å². The Labute approximate surface area is 85.8 Å². The summed E-state index contributed by atoms with van der Waals surface area (Å²) in [6.45, 7) is -1.15. The molecule has 2 N–H and O–H groups in total. The zero-order chi connectivity index (χ0) is 11.8. The van der Waals surface area contributed by atoms with E-state index < -0.39 is 35.1 Å². The Kier molecular flexibility index (Phi) is 6.47. The van der Waals surface area contributed by atoms with E-state index in [9.17, 15) is 20.2 Å². The lowest BCUT2D eigenvalue weighted by Crippen LogP contribution is -2.26. The Morgan fingerprint density at radius 3 is 1.47 bits per heavy atom. The molecule has 2 unspecified atom stereocenters. The first-order chi connectivity index (χ1) is 7.02. The fraction of sp³-hybridized carbons (Fsp3) is 1.00. The maximum absolute atomic E-state index is 10.3. The number of hydrogen-bond donors (Lipinski definition) is 2. The van der Waals surface area contributed by atoms with Gasteiger partial charge in [0.1, 0.15) is 13.2 Å². The van der Waals surface area contributed by atoms with Gasteiger partial charge in [0, 0.05) is 22.7 Å². The van der Waals surface area contributed by atoms with E-state index in [0.29, 0.717) is 0 Å². The van der Waals surface area contributed by atoms with E-state index in [1.54, 1.807) is 0 Å². The number of nitrogens with zero attached hydrogens (tertiary/aromatic N) is 2. The molecule has 0 saturated heterocycles. The first kappa shape index (κ1) is 13.7. The summed E-state index contributed by atoms with van der Waals surface area (Å²) in [5.41, 5.74) is 0. The number of nitro groups is 2. The van der Waals surface area contributed by atoms with Crippen molar-refractivity contribution >= 4 is 0 Å². The lowest BCUT2D eigenvalue weighted by atomic mass is 10.1. The maximum atomic E-state index is 10.3. The SMILES string of the molecule is O=[N+]([O-])C(CO)CCCC(CO)[N+](=O)[O-]. The van der Waals surface area contributed by atoms with Crippen LogP contribution in [-0.4, -0.2) is 45.4 Å². The van der Waals surface area contributed by atoms with Gasteiger partial charge in [0.2, 0.25) is 12.1 Å². The summed E-state index contributed by atoms with van der Waals surface area (Å²) < 4.78 is 0. The highest BCUT2D eigenvalue weighted by Crippen LogP contribution is 2.08. The minimum atomic E-state index is -1.07. The minimum Gasteiger partial charge on any atom is -0.389 e. The number of aliphatic hydroxyl groups excluding tert-OH is 2. The highest BCUT2D eigenvalue weighted by molar-refractivity contribution is 4.59. The Morgan fingerprint density at radius 2 is 1.27 bits per heavy atom. The van der Waals surface area contributed by atoms with Crippen molar-refractivity contribution in [2.24, 2.45) is 0 Å². The van der Waals surface area contributed by atoms with Gasteiger partial charge in [-0.2, -0.15) is 0 Å². The molecule has 0 aromatic heterocycles. The van der Waals surface area contributed by atoms with Crippen LogP contribution in [0.3, 0.4) is 0 Å². The number of rotatable bonds is 8. The molecule has 0 spiro atoms. The number of aliphatic hydroxyl groups is 2. The third kappa shape index (κ3) is 5.23. The second-order valence-corrected chi connectivity index (χ2v) is 3.17. The van der Waals surface area contributed by atoms with E-state index in [4.69, 9.17) is 10.2 Å². The van der Waals surface area contributed by atoms with Crippen LogP contribution in [0.25, 0.3) is 0 Å². The molecule has 0 bridgehead atoms. The highest BCUT2D eigenvalue weighted by atomic mass is 16.6. The van der Waals surface area contributed by atoms with Crippen LogP contribution in [-0.2, 0) is 0 Å². The molecule has 0 aliphatic heterocycles. The van der Waals surface area contributed by atoms with Crippen LogP contribution in [0.5, 0.6) is 0 Å². The predicted octanol–water partition coefficient (Wildman–Crippen LogP) is -0.568. The third-order valence-electron chi connectivity index (χ3n) is 2.09. The lowest BCUT2D eigenvalue weighted by Gasteiger charge is -2.08. The summed E-state index contributed by atoms with van der Waals surface area (Å²) in [5, 5.41) is 37.8. The molecule has 88 valence electrons. The van der Waals surface area contributed by atoms with Crippen molar-refractivity contribution in [2.45, 2.75) is 31.3 Å². The Morgan fingerprint density at radius 1 is 0.933 bits per heavy atom. The van der Waals surface area contributed by atoms with Gasteiger partial charge >= 0.3 is 0 Å². The van der Waals surface area contributed by atoms with Crippen molar-refractivity contribution in [1.29, 1.82) is 0 Å². The normalized spacial score (nSPS) is 14.5. The molecule has 2 atom stereocenters. The molecule has 0 aromatic carbocycles. The molecule has 8 nitrogen and oxygen atoms in total. The van der Waals surface area contributed by atoms with Crippen LogP contribution < -0.4 is 0 Å². The van der Waals surface area contributed by atoms with E-state index in [1.165, 1.54) is 0 Å². The second-order valence-electron chi connectivity index (χ2n) is 3.17. The summed E-state index contributed by atoms with van der Waals surface area (Å²) in [6, 6.07) is -2.15. The molecule has 0 saturated carbocycles. The monoisotopic (exact) mass is 222 g/mol. The molecule has 0 heterocycles. The third-order valence-corrected chi connectivity index (χ3v) is 2.09. The first-order valence-electron chi connectivity index (χ1n) is 4.51. The van der Waals surface area contributed by atoms with Gasteiger partial charge in [-0.3, -0.25) is 20.2 Å². The Bertz CT molecular complexity index is 200. The Hall–Kier alpha value is -1.28. The van der Waals surface area contributed by atoms with Crippen LogP contribution in [0.2, 0.25) is 0 Å². The van der Waals surface area contributed by atoms with E-state index in [-0.39, 0.29) is 19.3 Å². The molecule has 0 amide bonds. The van der Waals surface area contributed by atoms with Crippen LogP contribution in [0, 0.1) is 20.2 Å². The number of hydrogen-bond acceptors (Lipinski definition) is 6. The van der Waals surface area contributed by atoms with E-state index in [1.807, 2.05) is 0 Å². The second kappa shape index (κ2) is 7.07. The summed E-state index contributed by atoms with van der Waals surface area (Å²) in [7, 11) is 0. The molecule has 0 radical (unpaired) electrons. The van der Waals surface area contributed by atoms with Crippen molar-refractivity contribution in [3.05, 3.63) is 20.2 Å². The van der Waals surface area contributed by atoms with Gasteiger partial charge in [0.15, 0.2) is 0 Å². The van der Waals surface area contributed by atoms with Crippen molar-refractivity contribution in [2.75, 3.05) is 13.2 Å².